The number of amides is 1. The molecule has 176 valence electrons. The average molecular weight is 480 g/mol. The monoisotopic (exact) mass is 479 g/mol. The molecule has 1 fully saturated rings. The van der Waals surface area contributed by atoms with Crippen LogP contribution in [0.4, 0.5) is 0 Å². The van der Waals surface area contributed by atoms with Crippen LogP contribution in [0.1, 0.15) is 51.0 Å². The molecular weight excluding hydrogens is 446 g/mol. The number of carbonyl (C=O) groups excluding carboxylic acids is 1. The van der Waals surface area contributed by atoms with Crippen LogP contribution in [0.2, 0.25) is 0 Å². The molecule has 1 aliphatic rings. The molecule has 1 N–H and O–H groups in total. The van der Waals surface area contributed by atoms with Gasteiger partial charge in [0.25, 0.3) is 5.91 Å². The summed E-state index contributed by atoms with van der Waals surface area (Å²) < 4.78 is 17.5. The van der Waals surface area contributed by atoms with Crippen LogP contribution in [0.3, 0.4) is 0 Å². The average Bonchev–Trinajstić information content (AvgIpc) is 3.36. The van der Waals surface area contributed by atoms with Crippen molar-refractivity contribution in [3.05, 3.63) is 50.7 Å². The van der Waals surface area contributed by atoms with Crippen molar-refractivity contribution in [1.29, 1.82) is 0 Å². The minimum Gasteiger partial charge on any atom is -0.493 e. The topological polar surface area (TPSA) is 56.8 Å². The van der Waals surface area contributed by atoms with Gasteiger partial charge in [-0.3, -0.25) is 4.79 Å². The van der Waals surface area contributed by atoms with Gasteiger partial charge < -0.3 is 19.5 Å². The molecule has 7 heteroatoms. The fourth-order valence-electron chi connectivity index (χ4n) is 4.28. The van der Waals surface area contributed by atoms with Crippen LogP contribution in [0.25, 0.3) is 0 Å². The summed E-state index contributed by atoms with van der Waals surface area (Å²) in [6.45, 7) is 9.09. The second kappa shape index (κ2) is 12.0. The van der Waals surface area contributed by atoms with Crippen LogP contribution >= 0.6 is 22.9 Å². The maximum absolute atomic E-state index is 11.9. The van der Waals surface area contributed by atoms with E-state index in [2.05, 4.69) is 31.3 Å². The highest BCUT2D eigenvalue weighted by atomic mass is 35.5. The molecule has 32 heavy (non-hydrogen) atoms. The maximum atomic E-state index is 11.9. The second-order valence-corrected chi connectivity index (χ2v) is 10.2. The van der Waals surface area contributed by atoms with Crippen molar-refractivity contribution in [2.24, 2.45) is 11.8 Å². The molecule has 1 saturated carbocycles. The molecule has 0 radical (unpaired) electrons. The Morgan fingerprint density at radius 1 is 1.16 bits per heavy atom. The summed E-state index contributed by atoms with van der Waals surface area (Å²) in [5.41, 5.74) is 3.57. The number of carbonyl (C=O) groups is 1. The summed E-state index contributed by atoms with van der Waals surface area (Å²) in [5, 5.41) is 2.93. The molecule has 1 aromatic heterocycles. The molecule has 3 atom stereocenters. The van der Waals surface area contributed by atoms with Gasteiger partial charge in [-0.05, 0) is 80.5 Å². The number of thiophene rings is 1. The van der Waals surface area contributed by atoms with Gasteiger partial charge in [-0.15, -0.1) is 22.9 Å². The van der Waals surface area contributed by atoms with Gasteiger partial charge in [0.2, 0.25) is 0 Å². The number of methoxy groups -OCH3 is 1. The molecule has 2 aromatic rings. The zero-order valence-corrected chi connectivity index (χ0v) is 21.0. The molecule has 1 amide bonds. The zero-order valence-electron chi connectivity index (χ0n) is 19.4. The number of ether oxygens (including phenoxy) is 3. The Balaban J connectivity index is 1.51. The molecule has 0 saturated heterocycles. The minimum absolute atomic E-state index is 0.0255. The van der Waals surface area contributed by atoms with Crippen molar-refractivity contribution in [2.75, 3.05) is 26.9 Å². The predicted octanol–water partition coefficient (Wildman–Crippen LogP) is 5.49. The van der Waals surface area contributed by atoms with E-state index in [-0.39, 0.29) is 17.2 Å². The van der Waals surface area contributed by atoms with Crippen LogP contribution in [-0.2, 0) is 22.7 Å². The van der Waals surface area contributed by atoms with Gasteiger partial charge in [0.1, 0.15) is 5.75 Å². The summed E-state index contributed by atoms with van der Waals surface area (Å²) in [6, 6.07) is 7.98. The molecular formula is C25H34ClNO4S. The third-order valence-electron chi connectivity index (χ3n) is 6.08. The molecule has 1 aromatic carbocycles. The Hall–Kier alpha value is -1.60. The van der Waals surface area contributed by atoms with E-state index in [9.17, 15) is 4.79 Å². The Labute approximate surface area is 200 Å². The molecule has 1 unspecified atom stereocenters. The van der Waals surface area contributed by atoms with E-state index in [4.69, 9.17) is 25.8 Å². The third-order valence-corrected chi connectivity index (χ3v) is 7.68. The highest BCUT2D eigenvalue weighted by Crippen LogP contribution is 2.37. The van der Waals surface area contributed by atoms with Crippen LogP contribution in [0.15, 0.2) is 24.3 Å². The van der Waals surface area contributed by atoms with E-state index in [0.717, 1.165) is 28.3 Å². The summed E-state index contributed by atoms with van der Waals surface area (Å²) >= 11 is 8.12. The predicted molar refractivity (Wildman–Crippen MR) is 130 cm³/mol. The fraction of sp³-hybridized carbons (Fsp3) is 0.560. The van der Waals surface area contributed by atoms with E-state index in [1.807, 2.05) is 19.1 Å². The van der Waals surface area contributed by atoms with Gasteiger partial charge >= 0.3 is 0 Å². The van der Waals surface area contributed by atoms with E-state index in [1.165, 1.54) is 28.0 Å². The van der Waals surface area contributed by atoms with Crippen LogP contribution in [0.5, 0.6) is 5.75 Å². The van der Waals surface area contributed by atoms with Gasteiger partial charge in [0.15, 0.2) is 0 Å². The Morgan fingerprint density at radius 2 is 1.91 bits per heavy atom. The first-order valence-corrected chi connectivity index (χ1v) is 12.5. The number of benzene rings is 1. The lowest BCUT2D eigenvalue weighted by Gasteiger charge is -2.23. The van der Waals surface area contributed by atoms with Crippen LogP contribution in [0, 0.1) is 25.7 Å². The number of nitrogens with one attached hydrogen (secondary N) is 1. The molecule has 1 aliphatic carbocycles. The van der Waals surface area contributed by atoms with E-state index in [1.54, 1.807) is 7.11 Å². The number of rotatable bonds is 11. The summed E-state index contributed by atoms with van der Waals surface area (Å²) in [4.78, 5) is 13.7. The van der Waals surface area contributed by atoms with Crippen molar-refractivity contribution in [3.63, 3.8) is 0 Å². The van der Waals surface area contributed by atoms with Crippen LogP contribution < -0.4 is 10.1 Å². The largest absolute Gasteiger partial charge is 0.493 e. The van der Waals surface area contributed by atoms with Crippen molar-refractivity contribution in [2.45, 2.75) is 52.2 Å². The number of hydrogen-bond donors (Lipinski definition) is 1. The lowest BCUT2D eigenvalue weighted by molar-refractivity contribution is 0.0656. The first-order valence-electron chi connectivity index (χ1n) is 11.2. The van der Waals surface area contributed by atoms with Crippen molar-refractivity contribution >= 4 is 28.8 Å². The molecule has 3 rings (SSSR count). The normalized spacial score (nSPS) is 20.5. The quantitative estimate of drug-likeness (QED) is 0.433. The minimum atomic E-state index is -0.0255. The summed E-state index contributed by atoms with van der Waals surface area (Å²) in [6.07, 6.45) is 2.02. The van der Waals surface area contributed by atoms with Gasteiger partial charge in [-0.25, -0.2) is 0 Å². The smallest absolute Gasteiger partial charge is 0.261 e. The second-order valence-electron chi connectivity index (χ2n) is 8.44. The fourth-order valence-corrected chi connectivity index (χ4v) is 5.55. The highest BCUT2D eigenvalue weighted by molar-refractivity contribution is 7.14. The Morgan fingerprint density at radius 3 is 2.59 bits per heavy atom. The Bertz CT molecular complexity index is 877. The van der Waals surface area contributed by atoms with Crippen molar-refractivity contribution in [3.8, 4) is 5.75 Å². The summed E-state index contributed by atoms with van der Waals surface area (Å²) in [5.74, 6) is 1.48. The molecule has 0 bridgehead atoms. The van der Waals surface area contributed by atoms with E-state index < -0.39 is 0 Å². The number of alkyl halides is 1. The first kappa shape index (κ1) is 25.0. The molecule has 1 heterocycles. The SMILES string of the molecule is CCNC(=O)c1ccc(COC[C@H]2CCC(Cl)[C@@H]2COc2cc(C)c(COC)c(C)c2)s1. The molecule has 0 spiro atoms. The van der Waals surface area contributed by atoms with Gasteiger partial charge in [-0.1, -0.05) is 0 Å². The maximum Gasteiger partial charge on any atom is 0.261 e. The van der Waals surface area contributed by atoms with Crippen molar-refractivity contribution < 1.29 is 19.0 Å². The van der Waals surface area contributed by atoms with E-state index in [0.29, 0.717) is 38.9 Å². The molecule has 0 aliphatic heterocycles. The number of aryl methyl sites for hydroxylation is 2. The zero-order chi connectivity index (χ0) is 23.1. The highest BCUT2D eigenvalue weighted by Gasteiger charge is 2.35. The van der Waals surface area contributed by atoms with Crippen molar-refractivity contribution in [1.82, 2.24) is 5.32 Å². The first-order chi connectivity index (χ1) is 15.4. The van der Waals surface area contributed by atoms with E-state index >= 15 is 0 Å². The van der Waals surface area contributed by atoms with Gasteiger partial charge in [0, 0.05) is 29.8 Å². The number of halogens is 1. The standard InChI is InChI=1S/C25H34ClNO4S/c1-5-27-25(28)24-9-7-20(32-24)13-30-12-18-6-8-23(26)22(18)15-31-19-10-16(2)21(14-29-4)17(3)11-19/h7,9-11,18,22-23H,5-6,8,12-15H2,1-4H3,(H,27,28)/t18-,22-,23?/m1/s1. The lowest BCUT2D eigenvalue weighted by Crippen LogP contribution is -2.26. The molecule has 5 nitrogen and oxygen atoms in total. The summed E-state index contributed by atoms with van der Waals surface area (Å²) in [7, 11) is 1.72. The third kappa shape index (κ3) is 6.47. The van der Waals surface area contributed by atoms with Crippen LogP contribution in [-0.4, -0.2) is 38.2 Å². The van der Waals surface area contributed by atoms with Gasteiger partial charge in [0.05, 0.1) is 31.3 Å². The number of hydrogen-bond acceptors (Lipinski definition) is 5. The van der Waals surface area contributed by atoms with Gasteiger partial charge in [-0.2, -0.15) is 0 Å². The Kier molecular flexibility index (Phi) is 9.41. The lowest BCUT2D eigenvalue weighted by atomic mass is 9.97.